The van der Waals surface area contributed by atoms with E-state index in [0.29, 0.717) is 13.0 Å². The number of rotatable bonds is 9. The normalized spacial score (nSPS) is 13.3. The highest BCUT2D eigenvalue weighted by Crippen LogP contribution is 2.14. The van der Waals surface area contributed by atoms with E-state index in [4.69, 9.17) is 9.47 Å². The molecule has 116 valence electrons. The van der Waals surface area contributed by atoms with Gasteiger partial charge in [-0.1, -0.05) is 31.7 Å². The molecule has 21 heavy (non-hydrogen) atoms. The number of carbonyl (C=O) groups is 1. The second-order valence-corrected chi connectivity index (χ2v) is 4.94. The molecule has 2 atom stereocenters. The van der Waals surface area contributed by atoms with E-state index in [2.05, 4.69) is 11.9 Å². The van der Waals surface area contributed by atoms with Crippen molar-refractivity contribution in [3.8, 4) is 5.75 Å². The molecule has 0 spiro atoms. The van der Waals surface area contributed by atoms with Crippen molar-refractivity contribution < 1.29 is 14.3 Å². The van der Waals surface area contributed by atoms with E-state index in [1.807, 2.05) is 38.1 Å². The number of carbonyl (C=O) groups excluding carboxylic acids is 1. The third-order valence-electron chi connectivity index (χ3n) is 3.26. The minimum atomic E-state index is -0.334. The molecule has 0 aromatic heterocycles. The van der Waals surface area contributed by atoms with E-state index in [0.717, 1.165) is 17.7 Å². The molecule has 0 amide bonds. The van der Waals surface area contributed by atoms with Crippen molar-refractivity contribution in [2.24, 2.45) is 0 Å². The number of hydrogen-bond acceptors (Lipinski definition) is 4. The molecule has 0 heterocycles. The number of esters is 1. The topological polar surface area (TPSA) is 47.6 Å². The van der Waals surface area contributed by atoms with Gasteiger partial charge in [0.25, 0.3) is 0 Å². The molecule has 1 N–H and O–H groups in total. The van der Waals surface area contributed by atoms with Gasteiger partial charge in [0.15, 0.2) is 0 Å². The van der Waals surface area contributed by atoms with Gasteiger partial charge in [-0.05, 0) is 44.5 Å². The van der Waals surface area contributed by atoms with E-state index in [1.54, 1.807) is 13.1 Å². The van der Waals surface area contributed by atoms with Gasteiger partial charge in [-0.3, -0.25) is 4.79 Å². The van der Waals surface area contributed by atoms with Crippen LogP contribution in [0.25, 0.3) is 0 Å². The summed E-state index contributed by atoms with van der Waals surface area (Å²) in [5, 5.41) is 3.01. The molecule has 0 fully saturated rings. The fraction of sp³-hybridized carbons (Fsp3) is 0.471. The Kier molecular flexibility index (Phi) is 7.54. The van der Waals surface area contributed by atoms with Gasteiger partial charge in [-0.2, -0.15) is 0 Å². The van der Waals surface area contributed by atoms with Gasteiger partial charge < -0.3 is 14.8 Å². The van der Waals surface area contributed by atoms with E-state index in [9.17, 15) is 4.79 Å². The molecule has 1 rings (SSSR count). The van der Waals surface area contributed by atoms with Crippen LogP contribution in [-0.4, -0.2) is 31.8 Å². The standard InChI is InChI=1S/C17H25NO3/c1-5-11-20-15-9-7-14(8-10-15)12-16(18-4)17(19)21-13(3)6-2/h5,7-10,13,16,18H,1,6,11-12H2,2-4H3/t13?,16-/m0/s1. The smallest absolute Gasteiger partial charge is 0.323 e. The van der Waals surface area contributed by atoms with Crippen molar-refractivity contribution in [2.45, 2.75) is 38.8 Å². The van der Waals surface area contributed by atoms with Crippen LogP contribution < -0.4 is 10.1 Å². The lowest BCUT2D eigenvalue weighted by atomic mass is 10.1. The minimum absolute atomic E-state index is 0.0528. The third-order valence-corrected chi connectivity index (χ3v) is 3.26. The predicted octanol–water partition coefficient (Wildman–Crippen LogP) is 2.72. The Bertz CT molecular complexity index is 442. The van der Waals surface area contributed by atoms with Crippen LogP contribution in [0, 0.1) is 0 Å². The van der Waals surface area contributed by atoms with E-state index in [-0.39, 0.29) is 18.1 Å². The minimum Gasteiger partial charge on any atom is -0.490 e. The Hall–Kier alpha value is -1.81. The first-order valence-electron chi connectivity index (χ1n) is 7.31. The lowest BCUT2D eigenvalue weighted by Crippen LogP contribution is -2.38. The summed E-state index contributed by atoms with van der Waals surface area (Å²) >= 11 is 0. The molecule has 1 unspecified atom stereocenters. The van der Waals surface area contributed by atoms with Crippen molar-refractivity contribution in [1.29, 1.82) is 0 Å². The van der Waals surface area contributed by atoms with Gasteiger partial charge in [0.1, 0.15) is 18.4 Å². The molecule has 0 aliphatic rings. The van der Waals surface area contributed by atoms with Gasteiger partial charge in [0.2, 0.25) is 0 Å². The number of benzene rings is 1. The van der Waals surface area contributed by atoms with E-state index < -0.39 is 0 Å². The number of likely N-dealkylation sites (N-methyl/N-ethyl adjacent to an activating group) is 1. The first-order chi connectivity index (χ1) is 10.1. The first kappa shape index (κ1) is 17.2. The van der Waals surface area contributed by atoms with Crippen LogP contribution in [0.15, 0.2) is 36.9 Å². The molecule has 1 aromatic rings. The van der Waals surface area contributed by atoms with Crippen molar-refractivity contribution >= 4 is 5.97 Å². The fourth-order valence-electron chi connectivity index (χ4n) is 1.78. The maximum atomic E-state index is 12.0. The average Bonchev–Trinajstić information content (AvgIpc) is 2.51. The SMILES string of the molecule is C=CCOc1ccc(C[C@H](NC)C(=O)OC(C)CC)cc1. The highest BCUT2D eigenvalue weighted by molar-refractivity contribution is 5.76. The summed E-state index contributed by atoms with van der Waals surface area (Å²) in [5.74, 6) is 0.584. The summed E-state index contributed by atoms with van der Waals surface area (Å²) < 4.78 is 10.8. The van der Waals surface area contributed by atoms with Crippen molar-refractivity contribution in [2.75, 3.05) is 13.7 Å². The van der Waals surface area contributed by atoms with Crippen LogP contribution in [-0.2, 0) is 16.0 Å². The Balaban J connectivity index is 2.60. The van der Waals surface area contributed by atoms with Crippen LogP contribution in [0.4, 0.5) is 0 Å². The molecule has 0 aliphatic carbocycles. The number of nitrogens with one attached hydrogen (secondary N) is 1. The highest BCUT2D eigenvalue weighted by Gasteiger charge is 2.20. The van der Waals surface area contributed by atoms with Gasteiger partial charge >= 0.3 is 5.97 Å². The second kappa shape index (κ2) is 9.19. The van der Waals surface area contributed by atoms with Crippen LogP contribution in [0.5, 0.6) is 5.75 Å². The predicted molar refractivity (Wildman–Crippen MR) is 84.5 cm³/mol. The molecular formula is C17H25NO3. The average molecular weight is 291 g/mol. The Morgan fingerprint density at radius 2 is 2.05 bits per heavy atom. The third kappa shape index (κ3) is 6.00. The molecule has 0 bridgehead atoms. The molecule has 4 heteroatoms. The van der Waals surface area contributed by atoms with Crippen molar-refractivity contribution in [3.05, 3.63) is 42.5 Å². The molecule has 0 radical (unpaired) electrons. The summed E-state index contributed by atoms with van der Waals surface area (Å²) in [4.78, 5) is 12.0. The Morgan fingerprint density at radius 3 is 2.57 bits per heavy atom. The van der Waals surface area contributed by atoms with Crippen molar-refractivity contribution in [1.82, 2.24) is 5.32 Å². The van der Waals surface area contributed by atoms with Crippen LogP contribution in [0.2, 0.25) is 0 Å². The van der Waals surface area contributed by atoms with Crippen molar-refractivity contribution in [3.63, 3.8) is 0 Å². The van der Waals surface area contributed by atoms with Crippen LogP contribution >= 0.6 is 0 Å². The highest BCUT2D eigenvalue weighted by atomic mass is 16.5. The van der Waals surface area contributed by atoms with Crippen LogP contribution in [0.3, 0.4) is 0 Å². The quantitative estimate of drug-likeness (QED) is 0.561. The molecule has 1 aromatic carbocycles. The molecular weight excluding hydrogens is 266 g/mol. The monoisotopic (exact) mass is 291 g/mol. The second-order valence-electron chi connectivity index (χ2n) is 4.94. The molecule has 0 saturated heterocycles. The van der Waals surface area contributed by atoms with Gasteiger partial charge in [-0.25, -0.2) is 0 Å². The Morgan fingerprint density at radius 1 is 1.38 bits per heavy atom. The van der Waals surface area contributed by atoms with Gasteiger partial charge in [-0.15, -0.1) is 0 Å². The maximum absolute atomic E-state index is 12.0. The molecule has 0 aliphatic heterocycles. The number of ether oxygens (including phenoxy) is 2. The lowest BCUT2D eigenvalue weighted by Gasteiger charge is -2.18. The summed E-state index contributed by atoms with van der Waals surface area (Å²) in [7, 11) is 1.77. The summed E-state index contributed by atoms with van der Waals surface area (Å²) in [6.07, 6.45) is 3.06. The summed E-state index contributed by atoms with van der Waals surface area (Å²) in [6, 6.07) is 7.37. The summed E-state index contributed by atoms with van der Waals surface area (Å²) in [6.45, 7) is 7.99. The van der Waals surface area contributed by atoms with E-state index in [1.165, 1.54) is 0 Å². The van der Waals surface area contributed by atoms with Crippen LogP contribution in [0.1, 0.15) is 25.8 Å². The number of hydrogen-bond donors (Lipinski definition) is 1. The zero-order valence-corrected chi connectivity index (χ0v) is 13.1. The zero-order valence-electron chi connectivity index (χ0n) is 13.1. The molecule has 0 saturated carbocycles. The fourth-order valence-corrected chi connectivity index (χ4v) is 1.78. The summed E-state index contributed by atoms with van der Waals surface area (Å²) in [5.41, 5.74) is 1.06. The maximum Gasteiger partial charge on any atom is 0.323 e. The zero-order chi connectivity index (χ0) is 15.7. The Labute approximate surface area is 127 Å². The van der Waals surface area contributed by atoms with E-state index >= 15 is 0 Å². The lowest BCUT2D eigenvalue weighted by molar-refractivity contribution is -0.150. The first-order valence-corrected chi connectivity index (χ1v) is 7.31. The van der Waals surface area contributed by atoms with Gasteiger partial charge in [0, 0.05) is 0 Å². The van der Waals surface area contributed by atoms with Gasteiger partial charge in [0.05, 0.1) is 6.10 Å². The molecule has 4 nitrogen and oxygen atoms in total. The largest absolute Gasteiger partial charge is 0.490 e.